The molecular weight excluding hydrogens is 392 g/mol. The van der Waals surface area contributed by atoms with E-state index in [1.165, 1.54) is 4.31 Å². The fourth-order valence-electron chi connectivity index (χ4n) is 3.44. The Kier molecular flexibility index (Phi) is 6.69. The van der Waals surface area contributed by atoms with Gasteiger partial charge in [0.1, 0.15) is 0 Å². The quantitative estimate of drug-likeness (QED) is 0.645. The smallest absolute Gasteiger partial charge is 0.243 e. The second-order valence-corrected chi connectivity index (χ2v) is 10.0. The molecule has 0 atom stereocenters. The zero-order chi connectivity index (χ0) is 20.1. The van der Waals surface area contributed by atoms with Gasteiger partial charge in [-0.3, -0.25) is 4.79 Å². The van der Waals surface area contributed by atoms with Crippen LogP contribution in [-0.2, 0) is 21.4 Å². The molecule has 1 aromatic heterocycles. The normalized spacial score (nSPS) is 16.0. The van der Waals surface area contributed by atoms with Crippen molar-refractivity contribution < 1.29 is 13.2 Å². The standard InChI is InChI=1S/C21H26N2O3S2/c1-3-12-22(16-19-5-4-15-27-19)21(24)18-10-13-23(14-11-18)28(25,26)20-8-6-17(2)7-9-20/h3-9,15,18H,1,10-14,16H2,2H3. The van der Waals surface area contributed by atoms with Gasteiger partial charge in [0.2, 0.25) is 15.9 Å². The number of piperidine rings is 1. The first-order valence-corrected chi connectivity index (χ1v) is 11.7. The highest BCUT2D eigenvalue weighted by atomic mass is 32.2. The number of aryl methyl sites for hydroxylation is 1. The molecule has 0 spiro atoms. The van der Waals surface area contributed by atoms with Crippen LogP contribution in [0.25, 0.3) is 0 Å². The van der Waals surface area contributed by atoms with Gasteiger partial charge in [-0.2, -0.15) is 4.31 Å². The van der Waals surface area contributed by atoms with Gasteiger partial charge in [0.25, 0.3) is 0 Å². The largest absolute Gasteiger partial charge is 0.334 e. The number of carbonyl (C=O) groups excluding carboxylic acids is 1. The Labute approximate surface area is 171 Å². The number of thiophene rings is 1. The monoisotopic (exact) mass is 418 g/mol. The number of hydrogen-bond acceptors (Lipinski definition) is 4. The van der Waals surface area contributed by atoms with Crippen LogP contribution in [-0.4, -0.2) is 43.2 Å². The van der Waals surface area contributed by atoms with Crippen molar-refractivity contribution in [2.24, 2.45) is 5.92 Å². The summed E-state index contributed by atoms with van der Waals surface area (Å²) >= 11 is 1.63. The van der Waals surface area contributed by atoms with E-state index >= 15 is 0 Å². The molecule has 1 saturated heterocycles. The highest BCUT2D eigenvalue weighted by Crippen LogP contribution is 2.26. The summed E-state index contributed by atoms with van der Waals surface area (Å²) < 4.78 is 27.2. The van der Waals surface area contributed by atoms with Crippen LogP contribution in [0.1, 0.15) is 23.3 Å². The zero-order valence-corrected chi connectivity index (χ0v) is 17.7. The van der Waals surface area contributed by atoms with Gasteiger partial charge in [-0.15, -0.1) is 17.9 Å². The van der Waals surface area contributed by atoms with Crippen LogP contribution in [0, 0.1) is 12.8 Å². The third kappa shape index (κ3) is 4.71. The van der Waals surface area contributed by atoms with E-state index in [1.54, 1.807) is 41.7 Å². The van der Waals surface area contributed by atoms with Gasteiger partial charge >= 0.3 is 0 Å². The Morgan fingerprint density at radius 2 is 1.93 bits per heavy atom. The van der Waals surface area contributed by atoms with E-state index in [0.717, 1.165) is 10.4 Å². The molecule has 1 aromatic carbocycles. The summed E-state index contributed by atoms with van der Waals surface area (Å²) in [5.41, 5.74) is 1.02. The average Bonchev–Trinajstić information content (AvgIpc) is 3.21. The van der Waals surface area contributed by atoms with E-state index in [-0.39, 0.29) is 11.8 Å². The van der Waals surface area contributed by atoms with Gasteiger partial charge in [-0.25, -0.2) is 8.42 Å². The lowest BCUT2D eigenvalue weighted by Crippen LogP contribution is -2.44. The Morgan fingerprint density at radius 1 is 1.25 bits per heavy atom. The summed E-state index contributed by atoms with van der Waals surface area (Å²) in [5.74, 6) is -0.0648. The van der Waals surface area contributed by atoms with Gasteiger partial charge in [-0.05, 0) is 43.3 Å². The highest BCUT2D eigenvalue weighted by molar-refractivity contribution is 7.89. The van der Waals surface area contributed by atoms with E-state index in [4.69, 9.17) is 0 Å². The Bertz CT molecular complexity index is 898. The number of sulfonamides is 1. The predicted molar refractivity (Wildman–Crippen MR) is 113 cm³/mol. The molecule has 0 aliphatic carbocycles. The Morgan fingerprint density at radius 3 is 2.50 bits per heavy atom. The van der Waals surface area contributed by atoms with Crippen molar-refractivity contribution in [2.45, 2.75) is 31.2 Å². The van der Waals surface area contributed by atoms with Crippen LogP contribution in [0.4, 0.5) is 0 Å². The summed E-state index contributed by atoms with van der Waals surface area (Å²) in [5, 5.41) is 2.00. The van der Waals surface area contributed by atoms with Gasteiger partial charge in [-0.1, -0.05) is 29.8 Å². The van der Waals surface area contributed by atoms with Gasteiger partial charge < -0.3 is 4.90 Å². The number of carbonyl (C=O) groups is 1. The molecular formula is C21H26N2O3S2. The molecule has 2 aromatic rings. The molecule has 0 saturated carbocycles. The summed E-state index contributed by atoms with van der Waals surface area (Å²) in [4.78, 5) is 16.3. The van der Waals surface area contributed by atoms with E-state index < -0.39 is 10.0 Å². The first-order valence-electron chi connectivity index (χ1n) is 9.40. The van der Waals surface area contributed by atoms with Crippen LogP contribution in [0.2, 0.25) is 0 Å². The molecule has 0 N–H and O–H groups in total. The molecule has 3 rings (SSSR count). The predicted octanol–water partition coefficient (Wildman–Crippen LogP) is 3.67. The third-order valence-electron chi connectivity index (χ3n) is 5.05. The lowest BCUT2D eigenvalue weighted by atomic mass is 9.96. The molecule has 7 heteroatoms. The molecule has 1 aliphatic heterocycles. The zero-order valence-electron chi connectivity index (χ0n) is 16.1. The van der Waals surface area contributed by atoms with Crippen molar-refractivity contribution in [3.05, 3.63) is 64.9 Å². The van der Waals surface area contributed by atoms with E-state index in [9.17, 15) is 13.2 Å². The molecule has 1 amide bonds. The first-order chi connectivity index (χ1) is 13.4. The molecule has 5 nitrogen and oxygen atoms in total. The topological polar surface area (TPSA) is 57.7 Å². The molecule has 0 radical (unpaired) electrons. The lowest BCUT2D eigenvalue weighted by molar-refractivity contribution is -0.136. The summed E-state index contributed by atoms with van der Waals surface area (Å²) in [6, 6.07) is 10.9. The molecule has 28 heavy (non-hydrogen) atoms. The summed E-state index contributed by atoms with van der Waals surface area (Å²) in [7, 11) is -3.51. The molecule has 2 heterocycles. The number of rotatable bonds is 7. The van der Waals surface area contributed by atoms with Gasteiger partial charge in [0, 0.05) is 30.4 Å². The van der Waals surface area contributed by atoms with Crippen LogP contribution in [0.3, 0.4) is 0 Å². The van der Waals surface area contributed by atoms with Crippen molar-refractivity contribution in [1.82, 2.24) is 9.21 Å². The number of nitrogens with zero attached hydrogens (tertiary/aromatic N) is 2. The molecule has 0 unspecified atom stereocenters. The van der Waals surface area contributed by atoms with E-state index in [2.05, 4.69) is 6.58 Å². The maximum absolute atomic E-state index is 13.0. The first kappa shape index (κ1) is 20.8. The fraction of sp³-hybridized carbons (Fsp3) is 0.381. The van der Waals surface area contributed by atoms with Crippen LogP contribution >= 0.6 is 11.3 Å². The van der Waals surface area contributed by atoms with Crippen molar-refractivity contribution in [1.29, 1.82) is 0 Å². The minimum absolute atomic E-state index is 0.0840. The average molecular weight is 419 g/mol. The molecule has 1 fully saturated rings. The van der Waals surface area contributed by atoms with Gasteiger partial charge in [0.15, 0.2) is 0 Å². The minimum Gasteiger partial charge on any atom is -0.334 e. The Hall–Kier alpha value is -1.96. The van der Waals surface area contributed by atoms with Crippen LogP contribution in [0.5, 0.6) is 0 Å². The van der Waals surface area contributed by atoms with Gasteiger partial charge in [0.05, 0.1) is 11.4 Å². The third-order valence-corrected chi connectivity index (χ3v) is 7.82. The van der Waals surface area contributed by atoms with Crippen molar-refractivity contribution in [2.75, 3.05) is 19.6 Å². The Balaban J connectivity index is 1.64. The molecule has 1 aliphatic rings. The van der Waals surface area contributed by atoms with Crippen LogP contribution in [0.15, 0.2) is 59.3 Å². The van der Waals surface area contributed by atoms with Crippen molar-refractivity contribution >= 4 is 27.3 Å². The number of benzene rings is 1. The van der Waals surface area contributed by atoms with Crippen LogP contribution < -0.4 is 0 Å². The number of hydrogen-bond donors (Lipinski definition) is 0. The second kappa shape index (κ2) is 9.03. The van der Waals surface area contributed by atoms with Crippen molar-refractivity contribution in [3.63, 3.8) is 0 Å². The minimum atomic E-state index is -3.51. The maximum atomic E-state index is 13.0. The summed E-state index contributed by atoms with van der Waals surface area (Å²) in [6.45, 7) is 7.50. The van der Waals surface area contributed by atoms with E-state index in [0.29, 0.717) is 43.9 Å². The highest BCUT2D eigenvalue weighted by Gasteiger charge is 2.33. The maximum Gasteiger partial charge on any atom is 0.243 e. The SMILES string of the molecule is C=CCN(Cc1cccs1)C(=O)C1CCN(S(=O)(=O)c2ccc(C)cc2)CC1. The molecule has 150 valence electrons. The second-order valence-electron chi connectivity index (χ2n) is 7.08. The molecule has 0 bridgehead atoms. The fourth-order valence-corrected chi connectivity index (χ4v) is 5.63. The van der Waals surface area contributed by atoms with E-state index in [1.807, 2.05) is 29.3 Å². The van der Waals surface area contributed by atoms with Crippen molar-refractivity contribution in [3.8, 4) is 0 Å². The summed E-state index contributed by atoms with van der Waals surface area (Å²) in [6.07, 6.45) is 2.83. The number of amides is 1. The lowest BCUT2D eigenvalue weighted by Gasteiger charge is -2.33.